The highest BCUT2D eigenvalue weighted by Crippen LogP contribution is 2.37. The van der Waals surface area contributed by atoms with Crippen LogP contribution in [0.5, 0.6) is 5.75 Å². The number of nitrogens with one attached hydrogen (secondary N) is 1. The number of hydrogen-bond acceptors (Lipinski definition) is 8. The van der Waals surface area contributed by atoms with E-state index in [1.165, 1.54) is 31.8 Å². The van der Waals surface area contributed by atoms with Gasteiger partial charge in [0, 0.05) is 32.3 Å². The second-order valence-corrected chi connectivity index (χ2v) is 21.1. The maximum atomic E-state index is 13.9. The second kappa shape index (κ2) is 23.8. The van der Waals surface area contributed by atoms with Crippen LogP contribution in [0.3, 0.4) is 0 Å². The number of nitrogens with two attached hydrogens (primary N) is 1. The van der Waals surface area contributed by atoms with Gasteiger partial charge in [-0.1, -0.05) is 96.4 Å². The van der Waals surface area contributed by atoms with Crippen molar-refractivity contribution < 1.29 is 43.2 Å². The van der Waals surface area contributed by atoms with E-state index in [1.807, 2.05) is 13.1 Å². The number of carbonyl (C=O) groups excluding carboxylic acids is 2. The molecule has 5 N–H and O–H groups in total. The molecule has 0 saturated carbocycles. The zero-order chi connectivity index (χ0) is 41.0. The number of carboxylic acid groups (broad SMARTS) is 1. The highest BCUT2D eigenvalue weighted by Gasteiger charge is 2.48. The van der Waals surface area contributed by atoms with Crippen molar-refractivity contribution in [3.05, 3.63) is 42.0 Å². The maximum Gasteiger partial charge on any atom is 0.336 e. The van der Waals surface area contributed by atoms with Crippen LogP contribution in [-0.4, -0.2) is 80.2 Å². The number of carbonyl (C=O) groups is 3. The second-order valence-electron chi connectivity index (χ2n) is 16.2. The maximum absolute atomic E-state index is 13.9. The van der Waals surface area contributed by atoms with Crippen molar-refractivity contribution in [3.63, 3.8) is 0 Å². The summed E-state index contributed by atoms with van der Waals surface area (Å²) in [5.41, 5.74) is 3.93. The van der Waals surface area contributed by atoms with Gasteiger partial charge in [-0.2, -0.15) is 0 Å². The molecule has 2 rings (SSSR count). The number of hydrogen-bond donors (Lipinski definition) is 4. The van der Waals surface area contributed by atoms with E-state index >= 15 is 0 Å². The van der Waals surface area contributed by atoms with Crippen molar-refractivity contribution in [2.24, 2.45) is 11.7 Å². The van der Waals surface area contributed by atoms with E-state index in [2.05, 4.69) is 44.9 Å². The predicted octanol–water partition coefficient (Wildman–Crippen LogP) is 7.45. The van der Waals surface area contributed by atoms with Gasteiger partial charge in [-0.15, -0.1) is 5.92 Å². The molecule has 0 unspecified atom stereocenters. The normalized spacial score (nSPS) is 16.5. The minimum atomic E-state index is -2.50. The van der Waals surface area contributed by atoms with Crippen molar-refractivity contribution >= 4 is 26.1 Å². The molecule has 0 aliphatic carbocycles. The lowest BCUT2D eigenvalue weighted by Gasteiger charge is -2.37. The molecule has 1 aliphatic rings. The lowest BCUT2D eigenvalue weighted by molar-refractivity contribution is -0.168. The van der Waals surface area contributed by atoms with Crippen molar-refractivity contribution in [2.45, 2.75) is 160 Å². The Morgan fingerprint density at radius 2 is 1.60 bits per heavy atom. The topological polar surface area (TPSA) is 167 Å². The van der Waals surface area contributed by atoms with E-state index in [4.69, 9.17) is 24.4 Å². The molecule has 0 aromatic heterocycles. The molecule has 12 heteroatoms. The number of allylic oxidation sites excluding steroid dienone is 1. The van der Waals surface area contributed by atoms with E-state index in [0.717, 1.165) is 44.9 Å². The van der Waals surface area contributed by atoms with E-state index in [1.54, 1.807) is 37.3 Å². The van der Waals surface area contributed by atoms with Crippen LogP contribution < -0.4 is 15.8 Å². The van der Waals surface area contributed by atoms with Crippen molar-refractivity contribution in [1.82, 2.24) is 5.32 Å². The van der Waals surface area contributed by atoms with E-state index in [-0.39, 0.29) is 31.1 Å². The molecule has 0 spiro atoms. The van der Waals surface area contributed by atoms with Crippen LogP contribution in [0.1, 0.15) is 124 Å². The summed E-state index contributed by atoms with van der Waals surface area (Å²) < 4.78 is 23.9. The average Bonchev–Trinajstić information content (AvgIpc) is 3.59. The molecule has 1 aromatic carbocycles. The third kappa shape index (κ3) is 16.4. The summed E-state index contributed by atoms with van der Waals surface area (Å²) >= 11 is 0. The Kier molecular flexibility index (Phi) is 20.7. The van der Waals surface area contributed by atoms with Gasteiger partial charge in [0.05, 0.1) is 19.1 Å². The van der Waals surface area contributed by atoms with Crippen LogP contribution in [0, 0.1) is 17.8 Å². The molecular formula is C43H70N2O9Si. The summed E-state index contributed by atoms with van der Waals surface area (Å²) in [6, 6.07) is 5.81. The Hall–Kier alpha value is -3.21. The Morgan fingerprint density at radius 1 is 1.00 bits per heavy atom. The van der Waals surface area contributed by atoms with Gasteiger partial charge in [-0.05, 0) is 68.4 Å². The highest BCUT2D eigenvalue weighted by molar-refractivity contribution is 6.74. The first-order valence-corrected chi connectivity index (χ1v) is 23.2. The van der Waals surface area contributed by atoms with Gasteiger partial charge in [0.15, 0.2) is 19.7 Å². The highest BCUT2D eigenvalue weighted by atomic mass is 28.4. The number of ether oxygens (including phenoxy) is 3. The van der Waals surface area contributed by atoms with Crippen molar-refractivity contribution in [3.8, 4) is 17.6 Å². The quantitative estimate of drug-likeness (QED) is 0.0307. The molecule has 0 radical (unpaired) electrons. The van der Waals surface area contributed by atoms with Crippen LogP contribution in [0.25, 0.3) is 0 Å². The Morgan fingerprint density at radius 3 is 2.15 bits per heavy atom. The summed E-state index contributed by atoms with van der Waals surface area (Å²) in [7, 11) is -2.29. The largest absolute Gasteiger partial charge is 0.481 e. The standard InChI is InChI=1S/C43H70N2O9Si/c1-8-10-12-16-19-26-42(52-31-32-53-42)27-20-17-14-13-15-18-21-36(43(50,40(48)49)28-30-54-55(6,7)41(3,4)5)39(47)45-37(38(44)46)33-34-22-24-35(25-23-34)51-29-11-9-2/h18,21-25,36-37,50H,8,10,12-17,19-20,26-33H2,1-7H3,(H2,44,46)(H,45,47)(H,48,49)/b21-18+/t36-,37+,43+/m1/s1. The van der Waals surface area contributed by atoms with Gasteiger partial charge in [-0.3, -0.25) is 9.59 Å². The van der Waals surface area contributed by atoms with Crippen molar-refractivity contribution in [1.29, 1.82) is 0 Å². The van der Waals surface area contributed by atoms with Gasteiger partial charge >= 0.3 is 5.97 Å². The lowest BCUT2D eigenvalue weighted by atomic mass is 9.83. The van der Waals surface area contributed by atoms with Crippen LogP contribution in [0.4, 0.5) is 0 Å². The number of rotatable bonds is 27. The molecular weight excluding hydrogens is 717 g/mol. The zero-order valence-corrected chi connectivity index (χ0v) is 35.7. The number of unbranched alkanes of at least 4 members (excludes halogenated alkanes) is 8. The monoisotopic (exact) mass is 786 g/mol. The fourth-order valence-corrected chi connectivity index (χ4v) is 7.37. The lowest BCUT2D eigenvalue weighted by Crippen LogP contribution is -2.56. The molecule has 3 atom stereocenters. The van der Waals surface area contributed by atoms with E-state index in [9.17, 15) is 24.6 Å². The molecule has 310 valence electrons. The molecule has 11 nitrogen and oxygen atoms in total. The first kappa shape index (κ1) is 47.9. The fraction of sp³-hybridized carbons (Fsp3) is 0.698. The van der Waals surface area contributed by atoms with Gasteiger partial charge in [0.1, 0.15) is 18.4 Å². The molecule has 1 aromatic rings. The Bertz CT molecular complexity index is 1410. The summed E-state index contributed by atoms with van der Waals surface area (Å²) in [4.78, 5) is 39.3. The molecule has 0 bridgehead atoms. The van der Waals surface area contributed by atoms with E-state index < -0.39 is 49.4 Å². The number of carboxylic acids is 1. The zero-order valence-electron chi connectivity index (χ0n) is 34.7. The molecule has 1 saturated heterocycles. The molecule has 1 fully saturated rings. The minimum absolute atomic E-state index is 0.0535. The first-order valence-electron chi connectivity index (χ1n) is 20.3. The summed E-state index contributed by atoms with van der Waals surface area (Å²) in [5, 5.41) is 24.6. The number of amides is 2. The fourth-order valence-electron chi connectivity index (χ4n) is 6.32. The molecule has 55 heavy (non-hydrogen) atoms. The third-order valence-electron chi connectivity index (χ3n) is 10.9. The SMILES string of the molecule is CC#CCOc1ccc(C[C@H](NC(=O)[C@@H](/C=C/CCCCCCC2(CCCCCCC)OCCO2)[C@@](O)(CCO[Si](C)(C)C(C)(C)C)C(=O)O)C(N)=O)cc1. The predicted molar refractivity (Wildman–Crippen MR) is 219 cm³/mol. The molecule has 2 amide bonds. The number of benzene rings is 1. The van der Waals surface area contributed by atoms with Crippen LogP contribution in [0.2, 0.25) is 18.1 Å². The third-order valence-corrected chi connectivity index (χ3v) is 15.5. The first-order chi connectivity index (χ1) is 26.0. The van der Waals surface area contributed by atoms with Crippen molar-refractivity contribution in [2.75, 3.05) is 26.4 Å². The molecule has 1 heterocycles. The van der Waals surface area contributed by atoms with Gasteiger partial charge in [-0.25, -0.2) is 4.79 Å². The van der Waals surface area contributed by atoms with Crippen LogP contribution in [-0.2, 0) is 34.7 Å². The van der Waals surface area contributed by atoms with Gasteiger partial charge in [0.2, 0.25) is 11.8 Å². The molecule has 1 aliphatic heterocycles. The summed E-state index contributed by atoms with van der Waals surface area (Å²) in [5.74, 6) is 1.05. The van der Waals surface area contributed by atoms with Crippen LogP contribution >= 0.6 is 0 Å². The van der Waals surface area contributed by atoms with Gasteiger partial charge in [0.25, 0.3) is 0 Å². The smallest absolute Gasteiger partial charge is 0.336 e. The van der Waals surface area contributed by atoms with Crippen LogP contribution in [0.15, 0.2) is 36.4 Å². The van der Waals surface area contributed by atoms with Gasteiger partial charge < -0.3 is 39.9 Å². The Balaban J connectivity index is 2.13. The number of aliphatic carboxylic acids is 1. The number of primary amides is 1. The van der Waals surface area contributed by atoms with E-state index in [0.29, 0.717) is 30.9 Å². The Labute approximate surface area is 331 Å². The average molecular weight is 787 g/mol. The number of aliphatic hydroxyl groups is 1. The summed E-state index contributed by atoms with van der Waals surface area (Å²) in [6.45, 7) is 15.7. The minimum Gasteiger partial charge on any atom is -0.481 e. The summed E-state index contributed by atoms with van der Waals surface area (Å²) in [6.07, 6.45) is 15.0.